The van der Waals surface area contributed by atoms with Crippen LogP contribution in [0.2, 0.25) is 0 Å². The third-order valence-electron chi connectivity index (χ3n) is 7.18. The Morgan fingerprint density at radius 1 is 0.825 bits per heavy atom. The van der Waals surface area contributed by atoms with Gasteiger partial charge in [-0.1, -0.05) is 30.3 Å². The summed E-state index contributed by atoms with van der Waals surface area (Å²) in [5.74, 6) is 0.633. The number of halogens is 2. The first-order valence-electron chi connectivity index (χ1n) is 13.3. The van der Waals surface area contributed by atoms with E-state index >= 15 is 0 Å². The van der Waals surface area contributed by atoms with Gasteiger partial charge in [-0.3, -0.25) is 4.79 Å². The van der Waals surface area contributed by atoms with Crippen LogP contribution in [-0.2, 0) is 6.42 Å². The third-order valence-corrected chi connectivity index (χ3v) is 7.18. The van der Waals surface area contributed by atoms with Gasteiger partial charge in [0, 0.05) is 38.2 Å². The molecule has 0 radical (unpaired) electrons. The topological polar surface area (TPSA) is 67.2 Å². The monoisotopic (exact) mass is 538 g/mol. The Bertz CT molecular complexity index is 1650. The van der Waals surface area contributed by atoms with Gasteiger partial charge in [0.25, 0.3) is 5.91 Å². The molecule has 0 saturated carbocycles. The lowest BCUT2D eigenvalue weighted by molar-refractivity contribution is 0.0767. The molecule has 7 nitrogen and oxygen atoms in total. The minimum Gasteiger partial charge on any atom is -0.354 e. The SMILES string of the molecule is Cc1nn(-c2ccc(F)cc2)c2nc(Cc3ccccc3)nc(N3CCCN(C(=O)c4ccc(F)cc4)CC3)c12. The van der Waals surface area contributed by atoms with Crippen LogP contribution in [0.5, 0.6) is 0 Å². The van der Waals surface area contributed by atoms with Gasteiger partial charge in [0.1, 0.15) is 23.3 Å². The van der Waals surface area contributed by atoms with E-state index < -0.39 is 0 Å². The van der Waals surface area contributed by atoms with Crippen LogP contribution in [-0.4, -0.2) is 56.7 Å². The molecule has 0 atom stereocenters. The van der Waals surface area contributed by atoms with Crippen molar-refractivity contribution in [1.29, 1.82) is 0 Å². The second-order valence-corrected chi connectivity index (χ2v) is 9.94. The molecule has 0 spiro atoms. The summed E-state index contributed by atoms with van der Waals surface area (Å²) < 4.78 is 28.8. The van der Waals surface area contributed by atoms with Gasteiger partial charge in [0.05, 0.1) is 16.8 Å². The van der Waals surface area contributed by atoms with Gasteiger partial charge >= 0.3 is 0 Å². The number of benzene rings is 3. The van der Waals surface area contributed by atoms with E-state index in [4.69, 9.17) is 15.1 Å². The number of hydrogen-bond donors (Lipinski definition) is 0. The van der Waals surface area contributed by atoms with Gasteiger partial charge in [-0.2, -0.15) is 5.10 Å². The lowest BCUT2D eigenvalue weighted by Gasteiger charge is -2.24. The fraction of sp³-hybridized carbons (Fsp3) is 0.226. The number of aryl methyl sites for hydroxylation is 1. The summed E-state index contributed by atoms with van der Waals surface area (Å²) >= 11 is 0. The second-order valence-electron chi connectivity index (χ2n) is 9.94. The van der Waals surface area contributed by atoms with Gasteiger partial charge in [0.2, 0.25) is 0 Å². The molecule has 3 aromatic carbocycles. The minimum absolute atomic E-state index is 0.111. The first kappa shape index (κ1) is 25.6. The van der Waals surface area contributed by atoms with Crippen LogP contribution in [0.4, 0.5) is 14.6 Å². The molecule has 2 aromatic heterocycles. The predicted molar refractivity (Wildman–Crippen MR) is 150 cm³/mol. The molecule has 40 heavy (non-hydrogen) atoms. The lowest BCUT2D eigenvalue weighted by Crippen LogP contribution is -2.35. The van der Waals surface area contributed by atoms with E-state index in [0.29, 0.717) is 55.3 Å². The molecule has 0 bridgehead atoms. The Morgan fingerprint density at radius 3 is 2.25 bits per heavy atom. The van der Waals surface area contributed by atoms with Crippen molar-refractivity contribution in [2.75, 3.05) is 31.1 Å². The Morgan fingerprint density at radius 2 is 1.52 bits per heavy atom. The zero-order chi connectivity index (χ0) is 27.6. The zero-order valence-corrected chi connectivity index (χ0v) is 22.1. The molecule has 202 valence electrons. The molecule has 1 aliphatic heterocycles. The second kappa shape index (κ2) is 10.8. The van der Waals surface area contributed by atoms with Gasteiger partial charge in [-0.05, 0) is 67.4 Å². The average Bonchev–Trinajstić information content (AvgIpc) is 3.13. The van der Waals surface area contributed by atoms with Crippen molar-refractivity contribution >= 4 is 22.8 Å². The van der Waals surface area contributed by atoms with Crippen LogP contribution in [0.25, 0.3) is 16.7 Å². The maximum atomic E-state index is 13.7. The number of nitrogens with zero attached hydrogens (tertiary/aromatic N) is 6. The number of aromatic nitrogens is 4. The van der Waals surface area contributed by atoms with Crippen LogP contribution in [0.3, 0.4) is 0 Å². The lowest BCUT2D eigenvalue weighted by atomic mass is 10.1. The summed E-state index contributed by atoms with van der Waals surface area (Å²) in [5, 5.41) is 5.61. The number of anilines is 1. The van der Waals surface area contributed by atoms with Crippen molar-refractivity contribution in [3.8, 4) is 5.69 Å². The highest BCUT2D eigenvalue weighted by molar-refractivity contribution is 5.94. The van der Waals surface area contributed by atoms with Crippen LogP contribution in [0.1, 0.15) is 33.9 Å². The number of carbonyl (C=O) groups is 1. The number of fused-ring (bicyclic) bond motifs is 1. The molecule has 1 fully saturated rings. The van der Waals surface area contributed by atoms with E-state index in [2.05, 4.69) is 4.90 Å². The van der Waals surface area contributed by atoms with Crippen LogP contribution < -0.4 is 4.90 Å². The smallest absolute Gasteiger partial charge is 0.253 e. The van der Waals surface area contributed by atoms with Crippen molar-refractivity contribution in [2.24, 2.45) is 0 Å². The number of carbonyl (C=O) groups excluding carboxylic acids is 1. The normalized spacial score (nSPS) is 14.0. The maximum absolute atomic E-state index is 13.7. The van der Waals surface area contributed by atoms with E-state index in [0.717, 1.165) is 28.9 Å². The summed E-state index contributed by atoms with van der Waals surface area (Å²) in [7, 11) is 0. The predicted octanol–water partition coefficient (Wildman–Crippen LogP) is 5.35. The fourth-order valence-corrected chi connectivity index (χ4v) is 5.16. The highest BCUT2D eigenvalue weighted by atomic mass is 19.1. The Labute approximate surface area is 230 Å². The van der Waals surface area contributed by atoms with E-state index in [9.17, 15) is 13.6 Å². The Balaban J connectivity index is 1.37. The number of hydrogen-bond acceptors (Lipinski definition) is 5. The molecular weight excluding hydrogens is 510 g/mol. The molecule has 5 aromatic rings. The van der Waals surface area contributed by atoms with Gasteiger partial charge in [-0.25, -0.2) is 23.4 Å². The van der Waals surface area contributed by atoms with Gasteiger partial charge < -0.3 is 9.80 Å². The van der Waals surface area contributed by atoms with E-state index in [-0.39, 0.29) is 17.5 Å². The fourth-order valence-electron chi connectivity index (χ4n) is 5.16. The Hall–Kier alpha value is -4.66. The standard InChI is InChI=1S/C31H28F2N6O/c1-21-28-29(37-16-5-17-38(19-18-37)31(40)23-8-10-24(32)11-9-23)34-27(20-22-6-3-2-4-7-22)35-30(28)39(36-21)26-14-12-25(33)13-15-26/h2-4,6-15H,5,16-20H2,1H3. The van der Waals surface area contributed by atoms with Crippen LogP contribution in [0, 0.1) is 18.6 Å². The summed E-state index contributed by atoms with van der Waals surface area (Å²) in [5.41, 5.74) is 3.69. The van der Waals surface area contributed by atoms with Crippen LogP contribution >= 0.6 is 0 Å². The third kappa shape index (κ3) is 5.14. The first-order chi connectivity index (χ1) is 19.5. The summed E-state index contributed by atoms with van der Waals surface area (Å²) in [6.45, 7) is 4.29. The summed E-state index contributed by atoms with van der Waals surface area (Å²) in [4.78, 5) is 27.1. The minimum atomic E-state index is -0.366. The maximum Gasteiger partial charge on any atom is 0.253 e. The van der Waals surface area contributed by atoms with E-state index in [1.807, 2.05) is 42.2 Å². The Kier molecular flexibility index (Phi) is 6.94. The molecule has 1 aliphatic rings. The first-order valence-corrected chi connectivity index (χ1v) is 13.3. The molecule has 0 unspecified atom stereocenters. The molecular formula is C31H28F2N6O. The summed E-state index contributed by atoms with van der Waals surface area (Å²) in [6, 6.07) is 21.9. The molecule has 1 amide bonds. The molecule has 3 heterocycles. The highest BCUT2D eigenvalue weighted by Crippen LogP contribution is 2.30. The molecule has 1 saturated heterocycles. The van der Waals surface area contributed by atoms with Crippen molar-refractivity contribution < 1.29 is 13.6 Å². The average molecular weight is 539 g/mol. The molecule has 0 aliphatic carbocycles. The highest BCUT2D eigenvalue weighted by Gasteiger charge is 2.25. The van der Waals surface area contributed by atoms with E-state index in [1.165, 1.54) is 36.4 Å². The summed E-state index contributed by atoms with van der Waals surface area (Å²) in [6.07, 6.45) is 1.29. The number of rotatable bonds is 5. The number of amides is 1. The van der Waals surface area contributed by atoms with Crippen molar-refractivity contribution in [2.45, 2.75) is 19.8 Å². The van der Waals surface area contributed by atoms with Crippen LogP contribution in [0.15, 0.2) is 78.9 Å². The van der Waals surface area contributed by atoms with Gasteiger partial charge in [-0.15, -0.1) is 0 Å². The van der Waals surface area contributed by atoms with Crippen molar-refractivity contribution in [3.05, 3.63) is 113 Å². The van der Waals surface area contributed by atoms with Crippen molar-refractivity contribution in [1.82, 2.24) is 24.6 Å². The van der Waals surface area contributed by atoms with E-state index in [1.54, 1.807) is 16.8 Å². The quantitative estimate of drug-likeness (QED) is 0.302. The van der Waals surface area contributed by atoms with Crippen molar-refractivity contribution in [3.63, 3.8) is 0 Å². The molecule has 6 rings (SSSR count). The molecule has 9 heteroatoms. The zero-order valence-electron chi connectivity index (χ0n) is 22.1. The largest absolute Gasteiger partial charge is 0.354 e. The van der Waals surface area contributed by atoms with Gasteiger partial charge in [0.15, 0.2) is 5.65 Å². The molecule has 0 N–H and O–H groups in total.